The number of imide groups is 1. The van der Waals surface area contributed by atoms with E-state index in [4.69, 9.17) is 0 Å². The molecule has 1 saturated heterocycles. The molecule has 2 rings (SSSR count). The van der Waals surface area contributed by atoms with Crippen molar-refractivity contribution in [3.63, 3.8) is 0 Å². The number of carbonyl (C=O) groups is 2. The van der Waals surface area contributed by atoms with Crippen LogP contribution in [0.3, 0.4) is 0 Å². The van der Waals surface area contributed by atoms with Gasteiger partial charge >= 0.3 is 0 Å². The van der Waals surface area contributed by atoms with Gasteiger partial charge in [-0.3, -0.25) is 14.5 Å². The lowest BCUT2D eigenvalue weighted by Gasteiger charge is -2.31. The van der Waals surface area contributed by atoms with Gasteiger partial charge in [-0.2, -0.15) is 0 Å². The number of para-hydroxylation sites is 1. The van der Waals surface area contributed by atoms with E-state index >= 15 is 0 Å². The summed E-state index contributed by atoms with van der Waals surface area (Å²) in [5, 5.41) is 3.26. The van der Waals surface area contributed by atoms with Crippen molar-refractivity contribution >= 4 is 17.5 Å². The van der Waals surface area contributed by atoms with Crippen LogP contribution in [0.4, 0.5) is 5.69 Å². The minimum Gasteiger partial charge on any atom is -0.373 e. The molecule has 106 valence electrons. The zero-order chi connectivity index (χ0) is 14.9. The molecule has 1 aliphatic heterocycles. The Hall–Kier alpha value is -2.10. The van der Waals surface area contributed by atoms with Crippen LogP contribution in [0.25, 0.3) is 0 Å². The molecule has 1 fully saturated rings. The molecule has 1 atom stereocenters. The van der Waals surface area contributed by atoms with E-state index in [1.165, 1.54) is 7.05 Å². The first kappa shape index (κ1) is 14.3. The van der Waals surface area contributed by atoms with Crippen LogP contribution in [0.15, 0.2) is 36.4 Å². The Balaban J connectivity index is 2.24. The predicted octanol–water partition coefficient (Wildman–Crippen LogP) is 2.54. The highest BCUT2D eigenvalue weighted by atomic mass is 16.2. The van der Waals surface area contributed by atoms with Crippen LogP contribution in [0.2, 0.25) is 0 Å². The lowest BCUT2D eigenvalue weighted by atomic mass is 9.97. The maximum absolute atomic E-state index is 12.2. The number of benzene rings is 1. The van der Waals surface area contributed by atoms with Crippen LogP contribution in [-0.4, -0.2) is 29.8 Å². The number of hydrogen-bond donors (Lipinski definition) is 1. The normalized spacial score (nSPS) is 19.7. The van der Waals surface area contributed by atoms with Gasteiger partial charge in [-0.25, -0.2) is 0 Å². The zero-order valence-electron chi connectivity index (χ0n) is 12.1. The van der Waals surface area contributed by atoms with Crippen LogP contribution in [0, 0.1) is 0 Å². The number of piperidine rings is 1. The van der Waals surface area contributed by atoms with E-state index < -0.39 is 6.04 Å². The molecule has 1 aromatic rings. The van der Waals surface area contributed by atoms with Crippen molar-refractivity contribution in [3.8, 4) is 0 Å². The Morgan fingerprint density at radius 3 is 2.60 bits per heavy atom. The molecule has 0 bridgehead atoms. The van der Waals surface area contributed by atoms with Crippen LogP contribution >= 0.6 is 0 Å². The van der Waals surface area contributed by atoms with Gasteiger partial charge in [0.2, 0.25) is 0 Å². The predicted molar refractivity (Wildman–Crippen MR) is 79.5 cm³/mol. The Morgan fingerprint density at radius 2 is 1.95 bits per heavy atom. The number of nitrogens with one attached hydrogen (secondary N) is 1. The molecule has 0 aromatic heterocycles. The quantitative estimate of drug-likeness (QED) is 0.679. The van der Waals surface area contributed by atoms with Crippen molar-refractivity contribution < 1.29 is 9.59 Å². The van der Waals surface area contributed by atoms with Crippen LogP contribution in [0.1, 0.15) is 31.7 Å². The number of hydrogen-bond acceptors (Lipinski definition) is 3. The summed E-state index contributed by atoms with van der Waals surface area (Å²) >= 11 is 0. The van der Waals surface area contributed by atoms with Gasteiger partial charge in [0.1, 0.15) is 6.04 Å². The largest absolute Gasteiger partial charge is 0.373 e. The first-order chi connectivity index (χ1) is 9.41. The van der Waals surface area contributed by atoms with E-state index in [2.05, 4.69) is 25.7 Å². The van der Waals surface area contributed by atoms with Crippen molar-refractivity contribution in [2.75, 3.05) is 12.4 Å². The van der Waals surface area contributed by atoms with E-state index in [1.54, 1.807) is 0 Å². The number of amides is 2. The third kappa shape index (κ3) is 2.59. The lowest BCUT2D eigenvalue weighted by molar-refractivity contribution is -0.143. The van der Waals surface area contributed by atoms with Crippen LogP contribution in [-0.2, 0) is 9.59 Å². The standard InChI is InChI=1S/C16H20N2O2/c1-10(2)12-7-5-6-8-13(12)17-14-9-11(3)15(19)18(4)16(14)20/h5-8,10,14,17H,3,9H2,1-2,4H3. The highest BCUT2D eigenvalue weighted by Crippen LogP contribution is 2.27. The average Bonchev–Trinajstić information content (AvgIpc) is 2.43. The molecule has 0 saturated carbocycles. The number of nitrogens with zero attached hydrogens (tertiary/aromatic N) is 1. The summed E-state index contributed by atoms with van der Waals surface area (Å²) in [7, 11) is 1.50. The van der Waals surface area contributed by atoms with Crippen molar-refractivity contribution in [1.29, 1.82) is 0 Å². The van der Waals surface area contributed by atoms with E-state index in [-0.39, 0.29) is 11.8 Å². The van der Waals surface area contributed by atoms with Crippen LogP contribution < -0.4 is 5.32 Å². The van der Waals surface area contributed by atoms with E-state index in [0.29, 0.717) is 17.9 Å². The summed E-state index contributed by atoms with van der Waals surface area (Å²) in [6, 6.07) is 7.50. The fourth-order valence-corrected chi connectivity index (χ4v) is 2.42. The second-order valence-electron chi connectivity index (χ2n) is 5.45. The summed E-state index contributed by atoms with van der Waals surface area (Å²) in [6.45, 7) is 7.96. The minimum absolute atomic E-state index is 0.207. The van der Waals surface area contributed by atoms with Crippen molar-refractivity contribution in [2.45, 2.75) is 32.2 Å². The fourth-order valence-electron chi connectivity index (χ4n) is 2.42. The Labute approximate surface area is 119 Å². The molecular weight excluding hydrogens is 252 g/mol. The molecule has 1 N–H and O–H groups in total. The number of anilines is 1. The Bertz CT molecular complexity index is 563. The maximum atomic E-state index is 12.2. The fraction of sp³-hybridized carbons (Fsp3) is 0.375. The van der Waals surface area contributed by atoms with Gasteiger partial charge in [0.25, 0.3) is 11.8 Å². The summed E-state index contributed by atoms with van der Waals surface area (Å²) in [5.41, 5.74) is 2.56. The topological polar surface area (TPSA) is 49.4 Å². The van der Waals surface area contributed by atoms with Crippen LogP contribution in [0.5, 0.6) is 0 Å². The minimum atomic E-state index is -0.426. The molecule has 0 radical (unpaired) electrons. The van der Waals surface area contributed by atoms with Gasteiger partial charge in [-0.15, -0.1) is 0 Å². The van der Waals surface area contributed by atoms with Gasteiger partial charge < -0.3 is 5.32 Å². The second kappa shape index (κ2) is 5.49. The van der Waals surface area contributed by atoms with E-state index in [9.17, 15) is 9.59 Å². The SMILES string of the molecule is C=C1CC(Nc2ccccc2C(C)C)C(=O)N(C)C1=O. The molecular formula is C16H20N2O2. The van der Waals surface area contributed by atoms with Crippen molar-refractivity contribution in [2.24, 2.45) is 0 Å². The molecule has 0 aliphatic carbocycles. The molecule has 2 amide bonds. The van der Waals surface area contributed by atoms with Gasteiger partial charge in [0, 0.05) is 24.7 Å². The molecule has 1 aliphatic rings. The second-order valence-corrected chi connectivity index (χ2v) is 5.45. The first-order valence-electron chi connectivity index (χ1n) is 6.77. The smallest absolute Gasteiger partial charge is 0.255 e. The number of carbonyl (C=O) groups excluding carboxylic acids is 2. The van der Waals surface area contributed by atoms with Gasteiger partial charge in [-0.1, -0.05) is 38.6 Å². The zero-order valence-corrected chi connectivity index (χ0v) is 12.1. The average molecular weight is 272 g/mol. The maximum Gasteiger partial charge on any atom is 0.255 e. The van der Waals surface area contributed by atoms with E-state index in [0.717, 1.165) is 16.2 Å². The van der Waals surface area contributed by atoms with Gasteiger partial charge in [0.15, 0.2) is 0 Å². The molecule has 1 unspecified atom stereocenters. The summed E-state index contributed by atoms with van der Waals surface area (Å²) in [5.74, 6) is -0.133. The molecule has 20 heavy (non-hydrogen) atoms. The van der Waals surface area contributed by atoms with E-state index in [1.807, 2.05) is 24.3 Å². The third-order valence-corrected chi connectivity index (χ3v) is 3.60. The van der Waals surface area contributed by atoms with Gasteiger partial charge in [-0.05, 0) is 17.5 Å². The third-order valence-electron chi connectivity index (χ3n) is 3.60. The lowest BCUT2D eigenvalue weighted by Crippen LogP contribution is -2.49. The monoisotopic (exact) mass is 272 g/mol. The highest BCUT2D eigenvalue weighted by molar-refractivity contribution is 6.09. The summed E-state index contributed by atoms with van der Waals surface area (Å²) in [6.07, 6.45) is 0.356. The highest BCUT2D eigenvalue weighted by Gasteiger charge is 2.34. The summed E-state index contributed by atoms with van der Waals surface area (Å²) in [4.78, 5) is 25.0. The first-order valence-corrected chi connectivity index (χ1v) is 6.77. The molecule has 4 nitrogen and oxygen atoms in total. The molecule has 1 aromatic carbocycles. The molecule has 0 spiro atoms. The summed E-state index contributed by atoms with van der Waals surface area (Å²) < 4.78 is 0. The van der Waals surface area contributed by atoms with Crippen molar-refractivity contribution in [3.05, 3.63) is 42.0 Å². The molecule has 4 heteroatoms. The Morgan fingerprint density at radius 1 is 1.30 bits per heavy atom. The Kier molecular flexibility index (Phi) is 3.93. The van der Waals surface area contributed by atoms with Crippen molar-refractivity contribution in [1.82, 2.24) is 4.90 Å². The van der Waals surface area contributed by atoms with Gasteiger partial charge in [0.05, 0.1) is 0 Å². The molecule has 1 heterocycles. The number of likely N-dealkylation sites (N-methyl/N-ethyl adjacent to an activating group) is 1. The number of rotatable bonds is 3. The number of likely N-dealkylation sites (tertiary alicyclic amines) is 1.